The summed E-state index contributed by atoms with van der Waals surface area (Å²) in [5.41, 5.74) is 15.9. The second-order valence-electron chi connectivity index (χ2n) is 16.0. The number of allylic oxidation sites excluding steroid dienone is 3. The zero-order valence-corrected chi connectivity index (χ0v) is 32.6. The molecular weight excluding hydrogens is 717 g/mol. The number of hydrogen-bond acceptors (Lipinski definition) is 2. The molecule has 280 valence electrons. The molecule has 0 radical (unpaired) electrons. The molecule has 0 fully saturated rings. The van der Waals surface area contributed by atoms with Gasteiger partial charge in [-0.15, -0.1) is 0 Å². The Morgan fingerprint density at radius 2 is 1.27 bits per heavy atom. The Morgan fingerprint density at radius 1 is 0.542 bits per heavy atom. The van der Waals surface area contributed by atoms with E-state index in [0.29, 0.717) is 0 Å². The van der Waals surface area contributed by atoms with Crippen molar-refractivity contribution in [1.29, 1.82) is 0 Å². The third-order valence-corrected chi connectivity index (χ3v) is 12.5. The number of benzene rings is 8. The van der Waals surface area contributed by atoms with Gasteiger partial charge in [0, 0.05) is 22.1 Å². The van der Waals surface area contributed by atoms with Gasteiger partial charge in [0.15, 0.2) is 11.5 Å². The molecule has 59 heavy (non-hydrogen) atoms. The van der Waals surface area contributed by atoms with E-state index in [0.717, 1.165) is 42.0 Å². The highest BCUT2D eigenvalue weighted by atomic mass is 16.5. The number of nitrogens with zero attached hydrogens (tertiary/aromatic N) is 2. The third kappa shape index (κ3) is 5.73. The zero-order valence-electron chi connectivity index (χ0n) is 32.6. The Bertz CT molecular complexity index is 3250. The minimum atomic E-state index is 0.114. The fourth-order valence-corrected chi connectivity index (χ4v) is 9.59. The van der Waals surface area contributed by atoms with Crippen molar-refractivity contribution in [3.63, 3.8) is 0 Å². The molecule has 1 unspecified atom stereocenters. The van der Waals surface area contributed by atoms with Crippen LogP contribution < -0.4 is 9.64 Å². The summed E-state index contributed by atoms with van der Waals surface area (Å²) >= 11 is 0. The van der Waals surface area contributed by atoms with Crippen molar-refractivity contribution in [3.05, 3.63) is 211 Å². The van der Waals surface area contributed by atoms with Gasteiger partial charge in [-0.1, -0.05) is 134 Å². The molecule has 1 atom stereocenters. The molecule has 0 saturated carbocycles. The molecule has 0 amide bonds. The highest BCUT2D eigenvalue weighted by Crippen LogP contribution is 2.46. The summed E-state index contributed by atoms with van der Waals surface area (Å²) < 4.78 is 8.75. The van der Waals surface area contributed by atoms with E-state index in [1.54, 1.807) is 0 Å². The van der Waals surface area contributed by atoms with Crippen LogP contribution in [0.25, 0.3) is 72.2 Å². The smallest absolute Gasteiger partial charge is 0.152 e. The summed E-state index contributed by atoms with van der Waals surface area (Å²) in [6.45, 7) is 0. The third-order valence-electron chi connectivity index (χ3n) is 12.5. The normalized spacial score (nSPS) is 15.2. The number of ether oxygens (including phenoxy) is 1. The maximum absolute atomic E-state index is 6.39. The second kappa shape index (κ2) is 13.6. The van der Waals surface area contributed by atoms with Gasteiger partial charge in [0.2, 0.25) is 0 Å². The van der Waals surface area contributed by atoms with Crippen LogP contribution in [-0.2, 0) is 6.42 Å². The van der Waals surface area contributed by atoms with E-state index in [-0.39, 0.29) is 6.04 Å². The molecule has 1 aromatic heterocycles. The molecule has 2 aliphatic carbocycles. The molecule has 3 aliphatic rings. The van der Waals surface area contributed by atoms with E-state index in [1.807, 2.05) is 6.07 Å². The zero-order chi connectivity index (χ0) is 38.9. The van der Waals surface area contributed by atoms with Crippen LogP contribution in [0.5, 0.6) is 11.5 Å². The fourth-order valence-electron chi connectivity index (χ4n) is 9.59. The molecule has 2 heterocycles. The number of rotatable bonds is 6. The summed E-state index contributed by atoms with van der Waals surface area (Å²) in [5.74, 6) is 1.78. The topological polar surface area (TPSA) is 17.4 Å². The minimum absolute atomic E-state index is 0.114. The summed E-state index contributed by atoms with van der Waals surface area (Å²) in [7, 11) is 0. The lowest BCUT2D eigenvalue weighted by molar-refractivity contribution is 0.476. The molecular formula is C56H40N2O. The minimum Gasteiger partial charge on any atom is -0.453 e. The van der Waals surface area contributed by atoms with Gasteiger partial charge < -0.3 is 14.2 Å². The Balaban J connectivity index is 0.928. The average Bonchev–Trinajstić information content (AvgIpc) is 3.64. The first-order valence-electron chi connectivity index (χ1n) is 20.7. The Hall–Kier alpha value is -7.36. The number of para-hydroxylation sites is 3. The van der Waals surface area contributed by atoms with Gasteiger partial charge in [-0.3, -0.25) is 0 Å². The summed E-state index contributed by atoms with van der Waals surface area (Å²) in [5, 5.41) is 4.95. The molecule has 3 nitrogen and oxygen atoms in total. The van der Waals surface area contributed by atoms with E-state index in [1.165, 1.54) is 83.0 Å². The Labute approximate surface area is 344 Å². The molecule has 9 aromatic rings. The van der Waals surface area contributed by atoms with Crippen LogP contribution in [0.4, 0.5) is 11.4 Å². The van der Waals surface area contributed by atoms with Gasteiger partial charge in [-0.2, -0.15) is 0 Å². The maximum Gasteiger partial charge on any atom is 0.152 e. The lowest BCUT2D eigenvalue weighted by Gasteiger charge is -2.34. The number of aromatic nitrogens is 1. The maximum atomic E-state index is 6.39. The van der Waals surface area contributed by atoms with E-state index in [4.69, 9.17) is 4.74 Å². The molecule has 12 rings (SSSR count). The number of fused-ring (bicyclic) bond motifs is 7. The monoisotopic (exact) mass is 756 g/mol. The van der Waals surface area contributed by atoms with Gasteiger partial charge in [0.1, 0.15) is 0 Å². The second-order valence-corrected chi connectivity index (χ2v) is 16.0. The van der Waals surface area contributed by atoms with Crippen molar-refractivity contribution in [1.82, 2.24) is 4.57 Å². The van der Waals surface area contributed by atoms with Crippen molar-refractivity contribution >= 4 is 55.6 Å². The predicted octanol–water partition coefficient (Wildman–Crippen LogP) is 14.9. The SMILES string of the molecule is C1=Cc2cc(-c3cccc(N(c4cccc(-c5ccc6ccccc6c5)c4)C4C=CC(c5ccc6c(c5)c5cccc7c5n6-c5ccccc5O7)=CC4)c3)ccc2CC1. The Morgan fingerprint density at radius 3 is 2.12 bits per heavy atom. The van der Waals surface area contributed by atoms with E-state index < -0.39 is 0 Å². The van der Waals surface area contributed by atoms with Gasteiger partial charge in [-0.05, 0) is 141 Å². The van der Waals surface area contributed by atoms with Gasteiger partial charge in [0.05, 0.1) is 22.8 Å². The molecule has 3 heteroatoms. The number of anilines is 2. The molecule has 8 aromatic carbocycles. The first-order chi connectivity index (χ1) is 29.2. The lowest BCUT2D eigenvalue weighted by Crippen LogP contribution is -2.30. The quantitative estimate of drug-likeness (QED) is 0.168. The van der Waals surface area contributed by atoms with E-state index in [2.05, 4.69) is 204 Å². The lowest BCUT2D eigenvalue weighted by atomic mass is 9.92. The molecule has 0 saturated heterocycles. The number of hydrogen-bond donors (Lipinski definition) is 0. The summed E-state index contributed by atoms with van der Waals surface area (Å²) in [6.07, 6.45) is 14.8. The number of aryl methyl sites for hydroxylation is 1. The molecule has 0 spiro atoms. The van der Waals surface area contributed by atoms with Gasteiger partial charge in [-0.25, -0.2) is 0 Å². The summed E-state index contributed by atoms with van der Waals surface area (Å²) in [6, 6.07) is 62.3. The van der Waals surface area contributed by atoms with Gasteiger partial charge in [0.25, 0.3) is 0 Å². The van der Waals surface area contributed by atoms with Crippen LogP contribution >= 0.6 is 0 Å². The van der Waals surface area contributed by atoms with Crippen molar-refractivity contribution in [3.8, 4) is 39.4 Å². The van der Waals surface area contributed by atoms with E-state index in [9.17, 15) is 0 Å². The van der Waals surface area contributed by atoms with Gasteiger partial charge >= 0.3 is 0 Å². The van der Waals surface area contributed by atoms with Crippen LogP contribution in [-0.4, -0.2) is 10.6 Å². The van der Waals surface area contributed by atoms with Crippen LogP contribution in [0.15, 0.2) is 194 Å². The van der Waals surface area contributed by atoms with Crippen LogP contribution in [0.2, 0.25) is 0 Å². The standard InChI is InChI=1S/C56H40N2O/c1-3-12-40-32-44(24-22-37(40)10-1)42-14-7-16-48(34-42)57(49-17-8-15-43(35-49)45-25-23-38-11-2-4-13-41(38)33-45)47-29-26-39(27-30-47)46-28-31-52-51(36-46)50-18-9-21-55-56(50)58(52)53-19-5-6-20-54(53)59-55/h1,3-10,12-29,31-36,47H,2,11,30H2. The van der Waals surface area contributed by atoms with Crippen LogP contribution in [0.3, 0.4) is 0 Å². The highest BCUT2D eigenvalue weighted by molar-refractivity contribution is 6.13. The predicted molar refractivity (Wildman–Crippen MR) is 247 cm³/mol. The largest absolute Gasteiger partial charge is 0.453 e. The van der Waals surface area contributed by atoms with Crippen molar-refractivity contribution in [2.24, 2.45) is 0 Å². The first kappa shape index (κ1) is 33.7. The van der Waals surface area contributed by atoms with E-state index >= 15 is 0 Å². The summed E-state index contributed by atoms with van der Waals surface area (Å²) in [4.78, 5) is 2.53. The van der Waals surface area contributed by atoms with Crippen molar-refractivity contribution in [2.75, 3.05) is 4.90 Å². The molecule has 1 aliphatic heterocycles. The molecule has 0 N–H and O–H groups in total. The Kier molecular flexibility index (Phi) is 7.80. The first-order valence-corrected chi connectivity index (χ1v) is 20.7. The fraction of sp³-hybridized carbons (Fsp3) is 0.0714. The van der Waals surface area contributed by atoms with Crippen molar-refractivity contribution < 1.29 is 4.74 Å². The van der Waals surface area contributed by atoms with Crippen LogP contribution in [0.1, 0.15) is 29.5 Å². The highest BCUT2D eigenvalue weighted by Gasteiger charge is 2.25. The average molecular weight is 757 g/mol. The molecule has 0 bridgehead atoms. The van der Waals surface area contributed by atoms with Crippen molar-refractivity contribution in [2.45, 2.75) is 25.3 Å². The van der Waals surface area contributed by atoms with Crippen LogP contribution in [0, 0.1) is 0 Å².